The number of phenols is 3. The van der Waals surface area contributed by atoms with Crippen LogP contribution < -0.4 is 0 Å². The minimum Gasteiger partial charge on any atom is -0.508 e. The summed E-state index contributed by atoms with van der Waals surface area (Å²) in [6.45, 7) is 24.9. The molecule has 0 saturated heterocycles. The van der Waals surface area contributed by atoms with E-state index in [4.69, 9.17) is 0 Å². The second-order valence-corrected chi connectivity index (χ2v) is 11.4. The summed E-state index contributed by atoms with van der Waals surface area (Å²) >= 11 is 0. The molecule has 3 N–H and O–H groups in total. The van der Waals surface area contributed by atoms with Crippen LogP contribution >= 0.6 is 0 Å². The second kappa shape index (κ2) is 8.62. The number of hydrogen-bond donors (Lipinski definition) is 3. The molecule has 0 aliphatic rings. The Hall–Kier alpha value is -2.94. The van der Waals surface area contributed by atoms with Crippen LogP contribution in [0.4, 0.5) is 0 Å². The van der Waals surface area contributed by atoms with Gasteiger partial charge in [0.25, 0.3) is 0 Å². The molecule has 0 spiro atoms. The Morgan fingerprint density at radius 1 is 0.486 bits per heavy atom. The first-order valence-corrected chi connectivity index (χ1v) is 12.4. The van der Waals surface area contributed by atoms with E-state index in [-0.39, 0.29) is 11.2 Å². The molecule has 0 atom stereocenters. The van der Waals surface area contributed by atoms with E-state index in [0.29, 0.717) is 11.5 Å². The predicted octanol–water partition coefficient (Wildman–Crippen LogP) is 7.92. The van der Waals surface area contributed by atoms with Gasteiger partial charge in [-0.25, -0.2) is 0 Å². The van der Waals surface area contributed by atoms with Crippen molar-refractivity contribution >= 4 is 0 Å². The molecule has 35 heavy (non-hydrogen) atoms. The zero-order valence-electron chi connectivity index (χ0n) is 23.6. The van der Waals surface area contributed by atoms with E-state index in [2.05, 4.69) is 61.5 Å². The molecule has 188 valence electrons. The van der Waals surface area contributed by atoms with Crippen LogP contribution in [0.3, 0.4) is 0 Å². The molecule has 0 radical (unpaired) electrons. The maximum atomic E-state index is 11.1. The van der Waals surface area contributed by atoms with E-state index in [1.54, 1.807) is 0 Å². The summed E-state index contributed by atoms with van der Waals surface area (Å²) in [5.41, 5.74) is 11.4. The Morgan fingerprint density at radius 2 is 0.829 bits per heavy atom. The summed E-state index contributed by atoms with van der Waals surface area (Å²) in [5.74, 6) is 0.988. The lowest BCUT2D eigenvalue weighted by atomic mass is 9.68. The van der Waals surface area contributed by atoms with Crippen LogP contribution in [0.1, 0.15) is 94.5 Å². The molecular formula is C32H42O3. The monoisotopic (exact) mass is 474 g/mol. The third-order valence-corrected chi connectivity index (χ3v) is 8.81. The van der Waals surface area contributed by atoms with Gasteiger partial charge in [-0.3, -0.25) is 0 Å². The van der Waals surface area contributed by atoms with Gasteiger partial charge in [0.1, 0.15) is 17.2 Å². The Bertz CT molecular complexity index is 1280. The van der Waals surface area contributed by atoms with E-state index >= 15 is 0 Å². The molecule has 3 aromatic rings. The first-order valence-electron chi connectivity index (χ1n) is 12.4. The molecule has 0 aliphatic heterocycles. The fourth-order valence-corrected chi connectivity index (χ4v) is 6.16. The zero-order chi connectivity index (χ0) is 26.8. The van der Waals surface area contributed by atoms with Crippen molar-refractivity contribution < 1.29 is 15.3 Å². The molecule has 0 heterocycles. The van der Waals surface area contributed by atoms with Crippen LogP contribution in [-0.2, 0) is 10.8 Å². The van der Waals surface area contributed by atoms with Crippen LogP contribution in [0.15, 0.2) is 18.2 Å². The molecule has 0 unspecified atom stereocenters. The van der Waals surface area contributed by atoms with E-state index < -0.39 is 5.41 Å². The quantitative estimate of drug-likeness (QED) is 0.360. The van der Waals surface area contributed by atoms with Crippen LogP contribution in [0, 0.1) is 55.4 Å². The molecule has 3 heteroatoms. The molecule has 3 rings (SSSR count). The summed E-state index contributed by atoms with van der Waals surface area (Å²) in [6.07, 6.45) is 0. The fourth-order valence-electron chi connectivity index (χ4n) is 6.16. The summed E-state index contributed by atoms with van der Waals surface area (Å²) in [5, 5.41) is 32.3. The standard InChI is InChI=1S/C32H42O3/c1-16-20(5)29(34)21(6)17(2)27(16)31(9,10)24-13-14-26(33)25(15-24)32(11,12)28-18(3)22(7)30(35)23(8)19(28)4/h13-15,33-35H,1-12H3. The van der Waals surface area contributed by atoms with Crippen molar-refractivity contribution in [1.82, 2.24) is 0 Å². The average molecular weight is 475 g/mol. The van der Waals surface area contributed by atoms with Gasteiger partial charge in [0, 0.05) is 16.4 Å². The normalized spacial score (nSPS) is 12.3. The van der Waals surface area contributed by atoms with E-state index in [1.807, 2.05) is 39.8 Å². The summed E-state index contributed by atoms with van der Waals surface area (Å²) in [6, 6.07) is 5.96. The molecule has 0 amide bonds. The number of aromatic hydroxyl groups is 3. The molecule has 3 nitrogen and oxygen atoms in total. The van der Waals surface area contributed by atoms with Gasteiger partial charge in [-0.2, -0.15) is 0 Å². The van der Waals surface area contributed by atoms with Gasteiger partial charge in [0.2, 0.25) is 0 Å². The van der Waals surface area contributed by atoms with Gasteiger partial charge in [-0.05, 0) is 123 Å². The number of rotatable bonds is 4. The van der Waals surface area contributed by atoms with Gasteiger partial charge in [-0.15, -0.1) is 0 Å². The Labute approximate surface area is 211 Å². The van der Waals surface area contributed by atoms with Crippen LogP contribution in [-0.4, -0.2) is 15.3 Å². The van der Waals surface area contributed by atoms with Crippen molar-refractivity contribution in [2.45, 2.75) is 93.9 Å². The molecule has 0 aromatic heterocycles. The maximum Gasteiger partial charge on any atom is 0.121 e. The minimum absolute atomic E-state index is 0.267. The molecule has 0 bridgehead atoms. The van der Waals surface area contributed by atoms with Crippen molar-refractivity contribution in [3.63, 3.8) is 0 Å². The van der Waals surface area contributed by atoms with Gasteiger partial charge in [-0.1, -0.05) is 39.8 Å². The fraction of sp³-hybridized carbons (Fsp3) is 0.438. The van der Waals surface area contributed by atoms with Crippen LogP contribution in [0.2, 0.25) is 0 Å². The van der Waals surface area contributed by atoms with Crippen LogP contribution in [0.5, 0.6) is 17.2 Å². The molecule has 0 fully saturated rings. The maximum absolute atomic E-state index is 11.1. The molecule has 0 aliphatic carbocycles. The zero-order valence-corrected chi connectivity index (χ0v) is 23.6. The number of hydrogen-bond acceptors (Lipinski definition) is 3. The van der Waals surface area contributed by atoms with E-state index in [0.717, 1.165) is 61.2 Å². The lowest BCUT2D eigenvalue weighted by molar-refractivity contribution is 0.449. The largest absolute Gasteiger partial charge is 0.508 e. The third-order valence-electron chi connectivity index (χ3n) is 8.81. The van der Waals surface area contributed by atoms with Crippen molar-refractivity contribution in [2.75, 3.05) is 0 Å². The van der Waals surface area contributed by atoms with Crippen molar-refractivity contribution in [3.8, 4) is 17.2 Å². The lowest BCUT2D eigenvalue weighted by Crippen LogP contribution is -2.26. The third kappa shape index (κ3) is 3.90. The first kappa shape index (κ1) is 26.7. The smallest absolute Gasteiger partial charge is 0.121 e. The highest BCUT2D eigenvalue weighted by Gasteiger charge is 2.35. The highest BCUT2D eigenvalue weighted by atomic mass is 16.3. The Balaban J connectivity index is 2.31. The number of benzene rings is 3. The Morgan fingerprint density at radius 3 is 1.20 bits per heavy atom. The van der Waals surface area contributed by atoms with E-state index in [1.165, 1.54) is 5.56 Å². The first-order chi connectivity index (χ1) is 16.0. The van der Waals surface area contributed by atoms with E-state index in [9.17, 15) is 15.3 Å². The Kier molecular flexibility index (Phi) is 6.57. The minimum atomic E-state index is -0.488. The van der Waals surface area contributed by atoms with Crippen molar-refractivity contribution in [2.24, 2.45) is 0 Å². The highest BCUT2D eigenvalue weighted by Crippen LogP contribution is 2.47. The van der Waals surface area contributed by atoms with Crippen molar-refractivity contribution in [3.05, 3.63) is 85.0 Å². The second-order valence-electron chi connectivity index (χ2n) is 11.4. The highest BCUT2D eigenvalue weighted by molar-refractivity contribution is 5.62. The summed E-state index contributed by atoms with van der Waals surface area (Å²) in [4.78, 5) is 0. The van der Waals surface area contributed by atoms with Gasteiger partial charge in [0.05, 0.1) is 0 Å². The average Bonchev–Trinajstić information content (AvgIpc) is 2.78. The topological polar surface area (TPSA) is 60.7 Å². The number of phenolic OH excluding ortho intramolecular Hbond substituents is 3. The summed E-state index contributed by atoms with van der Waals surface area (Å²) < 4.78 is 0. The van der Waals surface area contributed by atoms with Crippen molar-refractivity contribution in [1.29, 1.82) is 0 Å². The van der Waals surface area contributed by atoms with Gasteiger partial charge >= 0.3 is 0 Å². The van der Waals surface area contributed by atoms with Crippen LogP contribution in [0.25, 0.3) is 0 Å². The van der Waals surface area contributed by atoms with Gasteiger partial charge < -0.3 is 15.3 Å². The van der Waals surface area contributed by atoms with Gasteiger partial charge in [0.15, 0.2) is 0 Å². The SMILES string of the molecule is Cc1c(C)c(C(C)(C)c2ccc(O)c(C(C)(C)c3c(C)c(C)c(O)c(C)c3C)c2)c(C)c(C)c1O. The summed E-state index contributed by atoms with van der Waals surface area (Å²) in [7, 11) is 0. The molecular weight excluding hydrogens is 432 g/mol. The predicted molar refractivity (Wildman–Crippen MR) is 146 cm³/mol. The molecule has 0 saturated carbocycles. The lowest BCUT2D eigenvalue weighted by Gasteiger charge is -2.35. The molecule has 3 aromatic carbocycles.